The monoisotopic (exact) mass is 340 g/mol. The van der Waals surface area contributed by atoms with Crippen LogP contribution in [0.5, 0.6) is 0 Å². The van der Waals surface area contributed by atoms with Crippen molar-refractivity contribution in [1.82, 2.24) is 9.62 Å². The molecule has 0 aromatic heterocycles. The summed E-state index contributed by atoms with van der Waals surface area (Å²) in [6, 6.07) is 4.54. The molecule has 1 N–H and O–H groups in total. The van der Waals surface area contributed by atoms with Crippen molar-refractivity contribution >= 4 is 16.0 Å². The first-order chi connectivity index (χ1) is 10.9. The number of carbonyl (C=O) groups is 1. The van der Waals surface area contributed by atoms with Crippen LogP contribution in [0.3, 0.4) is 0 Å². The molecule has 23 heavy (non-hydrogen) atoms. The summed E-state index contributed by atoms with van der Waals surface area (Å²) < 4.78 is 32.3. The van der Waals surface area contributed by atoms with Crippen LogP contribution in [0.4, 0.5) is 0 Å². The Balaban J connectivity index is 2.37. The summed E-state index contributed by atoms with van der Waals surface area (Å²) >= 11 is 0. The Bertz CT molecular complexity index is 667. The van der Waals surface area contributed by atoms with E-state index in [-0.39, 0.29) is 10.9 Å². The van der Waals surface area contributed by atoms with Crippen molar-refractivity contribution in [2.75, 3.05) is 26.7 Å². The molecule has 0 bridgehead atoms. The number of carbonyl (C=O) groups excluding carboxylic acids is 1. The van der Waals surface area contributed by atoms with Crippen LogP contribution in [0.15, 0.2) is 23.1 Å². The van der Waals surface area contributed by atoms with Gasteiger partial charge in [-0.2, -0.15) is 4.31 Å². The van der Waals surface area contributed by atoms with Gasteiger partial charge in [0.15, 0.2) is 0 Å². The molecule has 1 atom stereocenters. The van der Waals surface area contributed by atoms with Gasteiger partial charge in [-0.15, -0.1) is 0 Å². The van der Waals surface area contributed by atoms with Crippen molar-refractivity contribution in [2.24, 2.45) is 0 Å². The molecule has 0 aliphatic carbocycles. The average Bonchev–Trinajstić information content (AvgIpc) is 3.05. The topological polar surface area (TPSA) is 75.7 Å². The van der Waals surface area contributed by atoms with Gasteiger partial charge in [-0.05, 0) is 50.1 Å². The number of aryl methyl sites for hydroxylation is 1. The number of ether oxygens (including phenoxy) is 1. The molecule has 0 saturated carbocycles. The predicted molar refractivity (Wildman–Crippen MR) is 88.0 cm³/mol. The summed E-state index contributed by atoms with van der Waals surface area (Å²) in [5.41, 5.74) is 0.981. The molecule has 1 aliphatic heterocycles. The van der Waals surface area contributed by atoms with Crippen LogP contribution in [-0.4, -0.2) is 51.5 Å². The first kappa shape index (κ1) is 17.9. The van der Waals surface area contributed by atoms with Crippen LogP contribution in [0.1, 0.15) is 35.7 Å². The van der Waals surface area contributed by atoms with E-state index in [1.165, 1.54) is 19.2 Å². The second kappa shape index (κ2) is 7.42. The minimum absolute atomic E-state index is 0.0134. The smallest absolute Gasteiger partial charge is 0.338 e. The zero-order valence-corrected chi connectivity index (χ0v) is 14.6. The number of sulfonamides is 1. The highest BCUT2D eigenvalue weighted by Crippen LogP contribution is 2.24. The number of benzene rings is 1. The number of hydrogen-bond acceptors (Lipinski definition) is 5. The fourth-order valence-corrected chi connectivity index (χ4v) is 4.71. The Hall–Kier alpha value is -1.44. The van der Waals surface area contributed by atoms with Gasteiger partial charge in [-0.1, -0.05) is 6.92 Å². The van der Waals surface area contributed by atoms with E-state index in [9.17, 15) is 13.2 Å². The van der Waals surface area contributed by atoms with E-state index < -0.39 is 16.0 Å². The predicted octanol–water partition coefficient (Wildman–Crippen LogP) is 1.54. The highest BCUT2D eigenvalue weighted by Gasteiger charge is 2.32. The lowest BCUT2D eigenvalue weighted by Crippen LogP contribution is -2.42. The van der Waals surface area contributed by atoms with Gasteiger partial charge >= 0.3 is 5.97 Å². The Morgan fingerprint density at radius 2 is 2.17 bits per heavy atom. The lowest BCUT2D eigenvalue weighted by Gasteiger charge is -2.27. The minimum Gasteiger partial charge on any atom is -0.465 e. The maximum atomic E-state index is 13.0. The van der Waals surface area contributed by atoms with Crippen LogP contribution in [0.2, 0.25) is 0 Å². The summed E-state index contributed by atoms with van der Waals surface area (Å²) in [5.74, 6) is -0.461. The highest BCUT2D eigenvalue weighted by atomic mass is 32.2. The Morgan fingerprint density at radius 1 is 1.43 bits per heavy atom. The largest absolute Gasteiger partial charge is 0.465 e. The minimum atomic E-state index is -3.58. The molecule has 1 fully saturated rings. The molecule has 6 nitrogen and oxygen atoms in total. The summed E-state index contributed by atoms with van der Waals surface area (Å²) in [6.07, 6.45) is 1.58. The van der Waals surface area contributed by atoms with E-state index in [4.69, 9.17) is 4.74 Å². The number of nitrogens with one attached hydrogen (secondary N) is 1. The van der Waals surface area contributed by atoms with Gasteiger partial charge in [0.25, 0.3) is 0 Å². The first-order valence-electron chi connectivity index (χ1n) is 7.83. The second-order valence-electron chi connectivity index (χ2n) is 5.73. The van der Waals surface area contributed by atoms with E-state index in [2.05, 4.69) is 5.32 Å². The van der Waals surface area contributed by atoms with Crippen LogP contribution in [-0.2, 0) is 14.8 Å². The number of hydrogen-bond donors (Lipinski definition) is 1. The van der Waals surface area contributed by atoms with Gasteiger partial charge in [0.1, 0.15) is 0 Å². The van der Waals surface area contributed by atoms with E-state index in [0.717, 1.165) is 19.4 Å². The molecule has 0 amide bonds. The molecule has 1 aliphatic rings. The number of nitrogens with zero attached hydrogens (tertiary/aromatic N) is 1. The Kier molecular flexibility index (Phi) is 5.78. The molecule has 1 heterocycles. The third kappa shape index (κ3) is 3.73. The maximum Gasteiger partial charge on any atom is 0.338 e. The SMILES string of the molecule is CCCN(C1CCNC1)S(=O)(=O)c1ccc(C(=O)OC)c(C)c1. The van der Waals surface area contributed by atoms with Crippen molar-refractivity contribution in [1.29, 1.82) is 0 Å². The van der Waals surface area contributed by atoms with Gasteiger partial charge in [-0.25, -0.2) is 13.2 Å². The molecule has 128 valence electrons. The fraction of sp³-hybridized carbons (Fsp3) is 0.562. The maximum absolute atomic E-state index is 13.0. The van der Waals surface area contributed by atoms with Gasteiger partial charge in [0.2, 0.25) is 10.0 Å². The number of esters is 1. The van der Waals surface area contributed by atoms with Crippen molar-refractivity contribution in [3.63, 3.8) is 0 Å². The van der Waals surface area contributed by atoms with Crippen molar-refractivity contribution in [2.45, 2.75) is 37.6 Å². The van der Waals surface area contributed by atoms with Crippen LogP contribution in [0.25, 0.3) is 0 Å². The zero-order chi connectivity index (χ0) is 17.0. The molecule has 1 aromatic carbocycles. The molecule has 1 aromatic rings. The third-order valence-electron chi connectivity index (χ3n) is 4.10. The number of methoxy groups -OCH3 is 1. The van der Waals surface area contributed by atoms with Crippen LogP contribution < -0.4 is 5.32 Å². The average molecular weight is 340 g/mol. The standard InChI is InChI=1S/C16H24N2O4S/c1-4-9-18(13-7-8-17-11-13)23(20,21)14-5-6-15(12(2)10-14)16(19)22-3/h5-6,10,13,17H,4,7-9,11H2,1-3H3. The van der Waals surface area contributed by atoms with E-state index in [1.54, 1.807) is 17.3 Å². The summed E-state index contributed by atoms with van der Waals surface area (Å²) in [4.78, 5) is 11.9. The van der Waals surface area contributed by atoms with Crippen molar-refractivity contribution < 1.29 is 17.9 Å². The highest BCUT2D eigenvalue weighted by molar-refractivity contribution is 7.89. The Labute approximate surface area is 137 Å². The normalized spacial score (nSPS) is 18.3. The van der Waals surface area contributed by atoms with Crippen LogP contribution in [0, 0.1) is 6.92 Å². The summed E-state index contributed by atoms with van der Waals surface area (Å²) in [5, 5.41) is 3.21. The molecule has 0 radical (unpaired) electrons. The molecule has 1 unspecified atom stereocenters. The van der Waals surface area contributed by atoms with Crippen LogP contribution >= 0.6 is 0 Å². The molecular formula is C16H24N2O4S. The lowest BCUT2D eigenvalue weighted by atomic mass is 10.1. The molecule has 1 saturated heterocycles. The van der Waals surface area contributed by atoms with E-state index >= 15 is 0 Å². The third-order valence-corrected chi connectivity index (χ3v) is 6.04. The quantitative estimate of drug-likeness (QED) is 0.795. The van der Waals surface area contributed by atoms with E-state index in [1.807, 2.05) is 6.92 Å². The zero-order valence-electron chi connectivity index (χ0n) is 13.8. The van der Waals surface area contributed by atoms with E-state index in [0.29, 0.717) is 24.2 Å². The number of rotatable bonds is 6. The molecule has 7 heteroatoms. The Morgan fingerprint density at radius 3 is 2.70 bits per heavy atom. The van der Waals surface area contributed by atoms with Gasteiger partial charge < -0.3 is 10.1 Å². The van der Waals surface area contributed by atoms with Gasteiger partial charge in [0, 0.05) is 19.1 Å². The summed E-state index contributed by atoms with van der Waals surface area (Å²) in [6.45, 7) is 5.69. The van der Waals surface area contributed by atoms with Gasteiger partial charge in [-0.3, -0.25) is 0 Å². The molecule has 2 rings (SSSR count). The lowest BCUT2D eigenvalue weighted by molar-refractivity contribution is 0.0600. The van der Waals surface area contributed by atoms with Crippen molar-refractivity contribution in [3.05, 3.63) is 29.3 Å². The first-order valence-corrected chi connectivity index (χ1v) is 9.27. The second-order valence-corrected chi connectivity index (χ2v) is 7.62. The van der Waals surface area contributed by atoms with Gasteiger partial charge in [0.05, 0.1) is 17.6 Å². The fourth-order valence-electron chi connectivity index (χ4n) is 2.88. The summed E-state index contributed by atoms with van der Waals surface area (Å²) in [7, 11) is -2.27. The van der Waals surface area contributed by atoms with Crippen molar-refractivity contribution in [3.8, 4) is 0 Å². The molecular weight excluding hydrogens is 316 g/mol. The molecule has 0 spiro atoms.